The number of allylic oxidation sites excluding steroid dienone is 1. The number of rotatable bonds is 15. The van der Waals surface area contributed by atoms with Crippen LogP contribution in [0.25, 0.3) is 11.6 Å². The van der Waals surface area contributed by atoms with E-state index < -0.39 is 60.6 Å². The number of pyridine rings is 1. The van der Waals surface area contributed by atoms with Gasteiger partial charge < -0.3 is 24.2 Å². The number of nitro groups is 1. The number of aliphatic hydroxyl groups is 3. The average molecular weight is 828 g/mol. The Morgan fingerprint density at radius 3 is 2.22 bits per heavy atom. The molecule has 1 aliphatic heterocycles. The number of non-ortho nitro benzene ring substituents is 1. The molecule has 2 aromatic heterocycles. The van der Waals surface area contributed by atoms with Crippen molar-refractivity contribution in [3.8, 4) is 0 Å². The van der Waals surface area contributed by atoms with E-state index in [2.05, 4.69) is 50.0 Å². The highest BCUT2D eigenvalue weighted by molar-refractivity contribution is 6.99. The van der Waals surface area contributed by atoms with Gasteiger partial charge >= 0.3 is 0 Å². The molecule has 0 radical (unpaired) electrons. The fourth-order valence-electron chi connectivity index (χ4n) is 9.05. The quantitative estimate of drug-likeness (QED) is 0.0350. The molecule has 2 aliphatic rings. The number of furan rings is 1. The van der Waals surface area contributed by atoms with E-state index in [1.807, 2.05) is 54.6 Å². The summed E-state index contributed by atoms with van der Waals surface area (Å²) < 4.78 is 13.2. The minimum Gasteiger partial charge on any atom is -0.459 e. The Bertz CT molecular complexity index is 2350. The number of nitro benzene ring substituents is 1. The van der Waals surface area contributed by atoms with Gasteiger partial charge in [-0.1, -0.05) is 93.6 Å². The smallest absolute Gasteiger partial charge is 0.271 e. The van der Waals surface area contributed by atoms with Gasteiger partial charge in [0.1, 0.15) is 18.1 Å². The Morgan fingerprint density at radius 1 is 0.950 bits per heavy atom. The molecule has 13 heteroatoms. The minimum atomic E-state index is -3.15. The van der Waals surface area contributed by atoms with Crippen molar-refractivity contribution in [3.05, 3.63) is 160 Å². The Labute approximate surface area is 349 Å². The number of imide groups is 1. The number of carbonyl (C=O) groups is 2. The number of hydrogen-bond acceptors (Lipinski definition) is 10. The molecule has 310 valence electrons. The SMILES string of the molecule is CC(C)(C)[Si](OCC1=C([C@H](O)CC/C(=C/c2ccc(CO)o2)c2ccccn2)[C@H](CO)[C@@H]2C(=O)N(c3cccc([N+](=O)[O-])c3)C(=O)[C@@H]2C1)(c1ccccc1)c1ccccc1. The number of carbonyl (C=O) groups excluding carboxylic acids is 2. The molecule has 7 rings (SSSR count). The zero-order chi connectivity index (χ0) is 42.6. The van der Waals surface area contributed by atoms with Gasteiger partial charge in [-0.05, 0) is 87.8 Å². The molecular formula is C47H49N3O9Si. The van der Waals surface area contributed by atoms with Gasteiger partial charge in [-0.3, -0.25) is 24.7 Å². The summed E-state index contributed by atoms with van der Waals surface area (Å²) in [6, 6.07) is 34.5. The maximum absolute atomic E-state index is 14.4. The molecule has 3 heterocycles. The molecule has 1 aliphatic carbocycles. The highest BCUT2D eigenvalue weighted by Gasteiger charge is 2.56. The molecule has 3 aromatic carbocycles. The van der Waals surface area contributed by atoms with E-state index in [4.69, 9.17) is 8.84 Å². The number of nitrogens with zero attached hydrogens (tertiary/aromatic N) is 3. The summed E-state index contributed by atoms with van der Waals surface area (Å²) in [5, 5.41) is 46.7. The molecule has 1 fully saturated rings. The second kappa shape index (κ2) is 17.8. The lowest BCUT2D eigenvalue weighted by Crippen LogP contribution is -2.66. The van der Waals surface area contributed by atoms with Crippen LogP contribution in [0.3, 0.4) is 0 Å². The lowest BCUT2D eigenvalue weighted by Gasteiger charge is -2.44. The minimum absolute atomic E-state index is 0.0109. The third-order valence-corrected chi connectivity index (χ3v) is 16.7. The predicted molar refractivity (Wildman–Crippen MR) is 230 cm³/mol. The van der Waals surface area contributed by atoms with E-state index in [1.54, 1.807) is 24.4 Å². The van der Waals surface area contributed by atoms with E-state index in [-0.39, 0.29) is 37.4 Å². The van der Waals surface area contributed by atoms with Crippen LogP contribution in [0.4, 0.5) is 11.4 Å². The van der Waals surface area contributed by atoms with E-state index in [0.717, 1.165) is 20.8 Å². The molecular weight excluding hydrogens is 779 g/mol. The summed E-state index contributed by atoms with van der Waals surface area (Å²) in [5.41, 5.74) is 2.28. The van der Waals surface area contributed by atoms with Crippen molar-refractivity contribution in [2.75, 3.05) is 18.1 Å². The molecule has 0 spiro atoms. The lowest BCUT2D eigenvalue weighted by atomic mass is 9.68. The first-order chi connectivity index (χ1) is 28.9. The topological polar surface area (TPSA) is 176 Å². The molecule has 0 unspecified atom stereocenters. The Hall–Kier alpha value is -5.83. The van der Waals surface area contributed by atoms with Crippen molar-refractivity contribution < 1.29 is 38.7 Å². The number of hydrogen-bond donors (Lipinski definition) is 3. The summed E-state index contributed by atoms with van der Waals surface area (Å²) in [7, 11) is -3.15. The average Bonchev–Trinajstić information content (AvgIpc) is 3.82. The van der Waals surface area contributed by atoms with Crippen molar-refractivity contribution in [1.29, 1.82) is 0 Å². The number of benzene rings is 3. The van der Waals surface area contributed by atoms with Crippen LogP contribution in [-0.4, -0.2) is 64.7 Å². The molecule has 0 bridgehead atoms. The van der Waals surface area contributed by atoms with Gasteiger partial charge in [0.05, 0.1) is 47.5 Å². The first-order valence-electron chi connectivity index (χ1n) is 20.1. The second-order valence-electron chi connectivity index (χ2n) is 16.3. The lowest BCUT2D eigenvalue weighted by molar-refractivity contribution is -0.384. The number of aromatic nitrogens is 1. The van der Waals surface area contributed by atoms with Crippen LogP contribution in [0.5, 0.6) is 0 Å². The highest BCUT2D eigenvalue weighted by Crippen LogP contribution is 2.48. The van der Waals surface area contributed by atoms with Crippen LogP contribution < -0.4 is 15.3 Å². The van der Waals surface area contributed by atoms with Crippen molar-refractivity contribution in [2.45, 2.75) is 57.8 Å². The van der Waals surface area contributed by atoms with Crippen molar-refractivity contribution in [2.24, 2.45) is 17.8 Å². The monoisotopic (exact) mass is 827 g/mol. The summed E-state index contributed by atoms with van der Waals surface area (Å²) in [6.07, 6.45) is 2.82. The molecule has 60 heavy (non-hydrogen) atoms. The van der Waals surface area contributed by atoms with Crippen molar-refractivity contribution in [3.63, 3.8) is 0 Å². The van der Waals surface area contributed by atoms with Gasteiger partial charge in [-0.2, -0.15) is 0 Å². The van der Waals surface area contributed by atoms with Crippen LogP contribution in [0.2, 0.25) is 5.04 Å². The molecule has 5 aromatic rings. The summed E-state index contributed by atoms with van der Waals surface area (Å²) >= 11 is 0. The van der Waals surface area contributed by atoms with Crippen molar-refractivity contribution in [1.82, 2.24) is 4.98 Å². The number of aliphatic hydroxyl groups excluding tert-OH is 3. The number of fused-ring (bicyclic) bond motifs is 1. The van der Waals surface area contributed by atoms with Gasteiger partial charge in [0.2, 0.25) is 11.8 Å². The van der Waals surface area contributed by atoms with Crippen LogP contribution >= 0.6 is 0 Å². The standard InChI is InChI=1S/C47H49N3O9Si/c1-47(2,3)60(37-15-6-4-7-16-37,38-17-8-5-9-18-38)58-30-32-26-39-44(46(55)49(45(39)54)33-13-12-14-34(27-33)50(56)57)40(29-52)43(32)42(53)23-20-31(41-19-10-11-24-48-41)25-35-21-22-36(28-51)59-35/h4-19,21-22,24-25,27,39-40,42,44,51-53H,20,23,26,28-30H2,1-3H3/b31-25-/t39-,40+,42-,44-/m1/s1. The van der Waals surface area contributed by atoms with Crippen LogP contribution in [-0.2, 0) is 20.6 Å². The molecule has 3 N–H and O–H groups in total. The number of anilines is 1. The van der Waals surface area contributed by atoms with E-state index in [1.165, 1.54) is 24.3 Å². The fourth-order valence-corrected chi connectivity index (χ4v) is 13.6. The second-order valence-corrected chi connectivity index (χ2v) is 20.6. The molecule has 4 atom stereocenters. The molecule has 12 nitrogen and oxygen atoms in total. The third kappa shape index (κ3) is 8.19. The maximum Gasteiger partial charge on any atom is 0.271 e. The Morgan fingerprint density at radius 2 is 1.63 bits per heavy atom. The van der Waals surface area contributed by atoms with E-state index >= 15 is 0 Å². The molecule has 2 amide bonds. The van der Waals surface area contributed by atoms with Gasteiger partial charge in [0, 0.05) is 24.2 Å². The zero-order valence-corrected chi connectivity index (χ0v) is 34.8. The van der Waals surface area contributed by atoms with Crippen LogP contribution in [0.15, 0.2) is 137 Å². The van der Waals surface area contributed by atoms with E-state index in [0.29, 0.717) is 34.8 Å². The van der Waals surface area contributed by atoms with Crippen LogP contribution in [0, 0.1) is 27.9 Å². The summed E-state index contributed by atoms with van der Waals surface area (Å²) in [6.45, 7) is 5.67. The van der Waals surface area contributed by atoms with Gasteiger partial charge in [0.25, 0.3) is 14.0 Å². The van der Waals surface area contributed by atoms with Crippen molar-refractivity contribution >= 4 is 53.5 Å². The zero-order valence-electron chi connectivity index (χ0n) is 33.8. The summed E-state index contributed by atoms with van der Waals surface area (Å²) in [5.74, 6) is -3.13. The first-order valence-corrected chi connectivity index (χ1v) is 22.0. The van der Waals surface area contributed by atoms with E-state index in [9.17, 15) is 35.0 Å². The number of amides is 2. The summed E-state index contributed by atoms with van der Waals surface area (Å²) in [4.78, 5) is 45.5. The Kier molecular flexibility index (Phi) is 12.5. The van der Waals surface area contributed by atoms with Gasteiger partial charge in [-0.25, -0.2) is 4.90 Å². The fraction of sp³-hybridized carbons (Fsp3) is 0.298. The van der Waals surface area contributed by atoms with Crippen LogP contribution in [0.1, 0.15) is 57.2 Å². The third-order valence-electron chi connectivity index (χ3n) is 11.8. The Balaban J connectivity index is 1.32. The van der Waals surface area contributed by atoms with Gasteiger partial charge in [-0.15, -0.1) is 0 Å². The van der Waals surface area contributed by atoms with Gasteiger partial charge in [0.15, 0.2) is 0 Å². The predicted octanol–water partition coefficient (Wildman–Crippen LogP) is 6.45. The first kappa shape index (κ1) is 42.3. The molecule has 0 saturated carbocycles. The molecule has 1 saturated heterocycles. The highest BCUT2D eigenvalue weighted by atomic mass is 28.4. The normalized spacial score (nSPS) is 19.1. The largest absolute Gasteiger partial charge is 0.459 e. The maximum atomic E-state index is 14.4.